The number of hydrogen-bond donors (Lipinski definition) is 0. The van der Waals surface area contributed by atoms with Crippen molar-refractivity contribution in [1.29, 1.82) is 0 Å². The van der Waals surface area contributed by atoms with Crippen molar-refractivity contribution < 1.29 is 42.9 Å². The number of allylic oxidation sites excluding steroid dienone is 18. The molecule has 0 aromatic heterocycles. The maximum Gasteiger partial charge on any atom is 0.306 e. The van der Waals surface area contributed by atoms with Gasteiger partial charge in [-0.1, -0.05) is 380 Å². The molecule has 0 saturated carbocycles. The van der Waals surface area contributed by atoms with Crippen molar-refractivity contribution >= 4 is 17.9 Å². The Bertz CT molecular complexity index is 1950. The molecule has 0 spiro atoms. The summed E-state index contributed by atoms with van der Waals surface area (Å²) in [5, 5.41) is 11.9. The standard InChI is InChI=1S/C87H153NO8/c1-6-8-10-12-14-16-18-20-22-24-26-28-30-32-34-36-38-39-40-41-42-43-44-45-46-48-49-51-53-55-57-59-61-63-65-67-69-71-73-75-77-84(89)94-81-83(82-95-87(86(91)92)93-80-79-88(3,4)5)96-85(90)78-76-74-72-70-68-66-64-62-60-58-56-54-52-50-47-37-35-33-31-29-27-25-23-21-19-17-15-13-11-9-7-2/h9,11,15,17,21,23,27,29,33,35,47,50,54,56,60,62,66,68,83,87H,6-8,10,12-14,16,18-20,22,24-26,28,30-32,34,36-46,48-49,51-53,55,57-59,61,63-65,67,69-82H2,1-5H3/b11-9-,17-15-,23-21-,29-27-,35-33-,50-47-,56-54-,62-60-,68-66-. The minimum Gasteiger partial charge on any atom is -0.545 e. The number of carbonyl (C=O) groups is 3. The topological polar surface area (TPSA) is 111 Å². The molecule has 0 bridgehead atoms. The SMILES string of the molecule is CC/C=C\C/C=C\C/C=C\C/C=C\C/C=C\C/C=C\C/C=C\C/C=C\C/C=C\CCCCCC(=O)OC(COC(=O)CCCCCCCCCCCCCCCCCCCCCCCCCCCCCCCCCCCCCCCCCC)COC(OCC[N+](C)(C)C)C(=O)[O-]. The van der Waals surface area contributed by atoms with E-state index in [2.05, 4.69) is 123 Å². The van der Waals surface area contributed by atoms with Gasteiger partial charge in [-0.15, -0.1) is 0 Å². The van der Waals surface area contributed by atoms with E-state index in [0.29, 0.717) is 17.4 Å². The molecule has 96 heavy (non-hydrogen) atoms. The van der Waals surface area contributed by atoms with Crippen molar-refractivity contribution in [3.05, 3.63) is 109 Å². The number of hydrogen-bond acceptors (Lipinski definition) is 8. The molecule has 0 aliphatic heterocycles. The molecule has 0 rings (SSSR count). The van der Waals surface area contributed by atoms with E-state index in [-0.39, 0.29) is 38.6 Å². The van der Waals surface area contributed by atoms with Gasteiger partial charge in [-0.25, -0.2) is 0 Å². The fraction of sp³-hybridized carbons (Fsp3) is 0.759. The molecule has 0 aromatic carbocycles. The van der Waals surface area contributed by atoms with Crippen LogP contribution in [0.4, 0.5) is 0 Å². The zero-order valence-corrected chi connectivity index (χ0v) is 63.5. The van der Waals surface area contributed by atoms with E-state index in [1.807, 2.05) is 21.1 Å². The van der Waals surface area contributed by atoms with E-state index in [9.17, 15) is 19.5 Å². The molecule has 0 saturated heterocycles. The van der Waals surface area contributed by atoms with Crippen LogP contribution in [0.5, 0.6) is 0 Å². The third kappa shape index (κ3) is 77.3. The van der Waals surface area contributed by atoms with Gasteiger partial charge in [0.1, 0.15) is 13.2 Å². The second-order valence-corrected chi connectivity index (χ2v) is 28.3. The lowest BCUT2D eigenvalue weighted by Crippen LogP contribution is -2.44. The van der Waals surface area contributed by atoms with Crippen LogP contribution >= 0.6 is 0 Å². The first-order valence-corrected chi connectivity index (χ1v) is 40.5. The number of rotatable bonds is 75. The molecule has 0 amide bonds. The summed E-state index contributed by atoms with van der Waals surface area (Å²) in [6, 6.07) is 0. The van der Waals surface area contributed by atoms with Crippen LogP contribution in [-0.4, -0.2) is 82.3 Å². The van der Waals surface area contributed by atoms with Crippen molar-refractivity contribution in [2.75, 3.05) is 47.5 Å². The Morgan fingerprint density at radius 1 is 0.323 bits per heavy atom. The van der Waals surface area contributed by atoms with E-state index >= 15 is 0 Å². The molecular weight excluding hydrogens is 1190 g/mol. The normalized spacial score (nSPS) is 13.2. The second kappa shape index (κ2) is 76.7. The lowest BCUT2D eigenvalue weighted by Gasteiger charge is -2.26. The van der Waals surface area contributed by atoms with Gasteiger partial charge in [0.2, 0.25) is 0 Å². The van der Waals surface area contributed by atoms with Gasteiger partial charge in [-0.2, -0.15) is 0 Å². The number of quaternary nitrogens is 1. The van der Waals surface area contributed by atoms with Crippen LogP contribution in [-0.2, 0) is 33.3 Å². The molecule has 0 N–H and O–H groups in total. The van der Waals surface area contributed by atoms with Crippen LogP contribution in [0.1, 0.15) is 367 Å². The number of carboxylic acids is 1. The summed E-state index contributed by atoms with van der Waals surface area (Å²) in [6.45, 7) is 4.63. The van der Waals surface area contributed by atoms with Gasteiger partial charge in [-0.05, 0) is 83.5 Å². The average molecular weight is 1340 g/mol. The van der Waals surface area contributed by atoms with E-state index in [0.717, 1.165) is 96.3 Å². The third-order valence-electron chi connectivity index (χ3n) is 17.8. The summed E-state index contributed by atoms with van der Waals surface area (Å²) in [4.78, 5) is 37.6. The number of ether oxygens (including phenoxy) is 4. The van der Waals surface area contributed by atoms with Gasteiger partial charge in [0.05, 0.1) is 40.3 Å². The van der Waals surface area contributed by atoms with Gasteiger partial charge in [0.15, 0.2) is 12.4 Å². The Morgan fingerprint density at radius 2 is 0.594 bits per heavy atom. The summed E-state index contributed by atoms with van der Waals surface area (Å²) in [5.74, 6) is -2.32. The van der Waals surface area contributed by atoms with E-state index in [1.54, 1.807) is 0 Å². The Morgan fingerprint density at radius 3 is 0.885 bits per heavy atom. The smallest absolute Gasteiger partial charge is 0.306 e. The molecule has 0 heterocycles. The number of nitrogens with zero attached hydrogens (tertiary/aromatic N) is 1. The fourth-order valence-corrected chi connectivity index (χ4v) is 11.7. The number of esters is 2. The number of aliphatic carboxylic acids is 1. The first kappa shape index (κ1) is 92.0. The number of likely N-dealkylation sites (N-methyl/N-ethyl adjacent to an activating group) is 1. The fourth-order valence-electron chi connectivity index (χ4n) is 11.7. The van der Waals surface area contributed by atoms with Crippen molar-refractivity contribution in [2.24, 2.45) is 0 Å². The van der Waals surface area contributed by atoms with Crippen LogP contribution in [0.15, 0.2) is 109 Å². The molecule has 9 heteroatoms. The zero-order chi connectivity index (χ0) is 69.7. The monoisotopic (exact) mass is 1340 g/mol. The highest BCUT2D eigenvalue weighted by atomic mass is 16.7. The quantitative estimate of drug-likeness (QED) is 0.0195. The van der Waals surface area contributed by atoms with E-state index < -0.39 is 24.3 Å². The van der Waals surface area contributed by atoms with Crippen LogP contribution < -0.4 is 5.11 Å². The summed E-state index contributed by atoms with van der Waals surface area (Å²) >= 11 is 0. The molecule has 0 radical (unpaired) electrons. The lowest BCUT2D eigenvalue weighted by atomic mass is 10.0. The molecule has 554 valence electrons. The summed E-state index contributed by atoms with van der Waals surface area (Å²) < 4.78 is 22.8. The number of carbonyl (C=O) groups excluding carboxylic acids is 3. The highest BCUT2D eigenvalue weighted by molar-refractivity contribution is 5.70. The van der Waals surface area contributed by atoms with Crippen LogP contribution in [0.2, 0.25) is 0 Å². The van der Waals surface area contributed by atoms with Crippen molar-refractivity contribution in [1.82, 2.24) is 0 Å². The van der Waals surface area contributed by atoms with Crippen LogP contribution in [0.3, 0.4) is 0 Å². The Kier molecular flexibility index (Phi) is 73.5. The molecule has 0 aliphatic carbocycles. The molecular formula is C87H153NO8. The first-order chi connectivity index (χ1) is 47.1. The maximum atomic E-state index is 12.9. The van der Waals surface area contributed by atoms with E-state index in [4.69, 9.17) is 18.9 Å². The number of carboxylic acid groups (broad SMARTS) is 1. The second-order valence-electron chi connectivity index (χ2n) is 28.3. The van der Waals surface area contributed by atoms with Gasteiger partial charge in [0.25, 0.3) is 0 Å². The first-order valence-electron chi connectivity index (χ1n) is 40.5. The Hall–Kier alpha value is -4.05. The minimum atomic E-state index is -1.64. The Labute approximate surface area is 594 Å². The van der Waals surface area contributed by atoms with Gasteiger partial charge in [0, 0.05) is 12.8 Å². The summed E-state index contributed by atoms with van der Waals surface area (Å²) in [5.41, 5.74) is 0. The predicted octanol–water partition coefficient (Wildman–Crippen LogP) is 24.8. The summed E-state index contributed by atoms with van der Waals surface area (Å²) in [7, 11) is 5.92. The molecule has 2 atom stereocenters. The van der Waals surface area contributed by atoms with Crippen molar-refractivity contribution in [3.8, 4) is 0 Å². The van der Waals surface area contributed by atoms with Gasteiger partial charge < -0.3 is 33.3 Å². The van der Waals surface area contributed by atoms with E-state index in [1.165, 1.54) is 238 Å². The summed E-state index contributed by atoms with van der Waals surface area (Å²) in [6.07, 6.45) is 105. The largest absolute Gasteiger partial charge is 0.545 e. The van der Waals surface area contributed by atoms with Crippen molar-refractivity contribution in [3.63, 3.8) is 0 Å². The Balaban J connectivity index is 4.04. The number of unbranched alkanes of at least 4 members (excludes halogenated alkanes) is 42. The van der Waals surface area contributed by atoms with Crippen LogP contribution in [0, 0.1) is 0 Å². The molecule has 0 aliphatic rings. The van der Waals surface area contributed by atoms with Crippen molar-refractivity contribution in [2.45, 2.75) is 379 Å². The highest BCUT2D eigenvalue weighted by Gasteiger charge is 2.22. The molecule has 2 unspecified atom stereocenters. The lowest BCUT2D eigenvalue weighted by molar-refractivity contribution is -0.870. The average Bonchev–Trinajstić information content (AvgIpc) is 2.59. The molecule has 0 fully saturated rings. The zero-order valence-electron chi connectivity index (χ0n) is 63.5. The van der Waals surface area contributed by atoms with Gasteiger partial charge >= 0.3 is 11.9 Å². The minimum absolute atomic E-state index is 0.137. The predicted molar refractivity (Wildman–Crippen MR) is 412 cm³/mol. The molecule has 0 aromatic rings. The molecule has 9 nitrogen and oxygen atoms in total. The maximum absolute atomic E-state index is 12.9. The third-order valence-corrected chi connectivity index (χ3v) is 17.8. The van der Waals surface area contributed by atoms with Crippen LogP contribution in [0.25, 0.3) is 0 Å². The van der Waals surface area contributed by atoms with Gasteiger partial charge in [-0.3, -0.25) is 9.59 Å². The highest BCUT2D eigenvalue weighted by Crippen LogP contribution is 2.19.